The zero-order valence-electron chi connectivity index (χ0n) is 10.7. The molecule has 1 aliphatic heterocycles. The Morgan fingerprint density at radius 1 is 1.33 bits per heavy atom. The van der Waals surface area contributed by atoms with Crippen LogP contribution in [0.15, 0.2) is 18.2 Å². The number of benzene rings is 1. The minimum atomic E-state index is 0.159. The van der Waals surface area contributed by atoms with Gasteiger partial charge >= 0.3 is 0 Å². The minimum absolute atomic E-state index is 0.159. The summed E-state index contributed by atoms with van der Waals surface area (Å²) in [7, 11) is 0. The molecule has 0 bridgehead atoms. The highest BCUT2D eigenvalue weighted by molar-refractivity contribution is 6.33. The SMILES string of the molecule is Cc1ccc(NCC(=O)N2CCCCC2)c(Cl)c1. The summed E-state index contributed by atoms with van der Waals surface area (Å²) in [4.78, 5) is 13.9. The fraction of sp³-hybridized carbons (Fsp3) is 0.500. The van der Waals surface area contributed by atoms with Crippen molar-refractivity contribution in [3.05, 3.63) is 28.8 Å². The first-order chi connectivity index (χ1) is 8.66. The van der Waals surface area contributed by atoms with Crippen molar-refractivity contribution < 1.29 is 4.79 Å². The van der Waals surface area contributed by atoms with Crippen LogP contribution in [0.4, 0.5) is 5.69 Å². The maximum absolute atomic E-state index is 12.0. The number of likely N-dealkylation sites (tertiary alicyclic amines) is 1. The van der Waals surface area contributed by atoms with E-state index < -0.39 is 0 Å². The second-order valence-electron chi connectivity index (χ2n) is 4.78. The summed E-state index contributed by atoms with van der Waals surface area (Å²) in [5.74, 6) is 0.159. The van der Waals surface area contributed by atoms with Crippen LogP contribution in [-0.2, 0) is 4.79 Å². The lowest BCUT2D eigenvalue weighted by Crippen LogP contribution is -2.39. The van der Waals surface area contributed by atoms with Crippen molar-refractivity contribution in [1.82, 2.24) is 4.90 Å². The highest BCUT2D eigenvalue weighted by Gasteiger charge is 2.16. The van der Waals surface area contributed by atoms with Gasteiger partial charge in [0.15, 0.2) is 0 Å². The summed E-state index contributed by atoms with van der Waals surface area (Å²) in [6.07, 6.45) is 3.48. The third-order valence-electron chi connectivity index (χ3n) is 3.26. The number of anilines is 1. The number of hydrogen-bond acceptors (Lipinski definition) is 2. The lowest BCUT2D eigenvalue weighted by Gasteiger charge is -2.27. The van der Waals surface area contributed by atoms with Crippen LogP contribution in [-0.4, -0.2) is 30.4 Å². The van der Waals surface area contributed by atoms with Crippen molar-refractivity contribution in [2.45, 2.75) is 26.2 Å². The van der Waals surface area contributed by atoms with Gasteiger partial charge in [0.1, 0.15) is 0 Å². The van der Waals surface area contributed by atoms with Gasteiger partial charge in [0.05, 0.1) is 17.3 Å². The van der Waals surface area contributed by atoms with Crippen LogP contribution in [0, 0.1) is 6.92 Å². The molecule has 0 aliphatic carbocycles. The van der Waals surface area contributed by atoms with Gasteiger partial charge in [-0.3, -0.25) is 4.79 Å². The molecule has 0 saturated carbocycles. The molecule has 1 heterocycles. The topological polar surface area (TPSA) is 32.3 Å². The maximum Gasteiger partial charge on any atom is 0.241 e. The summed E-state index contributed by atoms with van der Waals surface area (Å²) in [5.41, 5.74) is 1.94. The number of nitrogens with zero attached hydrogens (tertiary/aromatic N) is 1. The number of rotatable bonds is 3. The first-order valence-corrected chi connectivity index (χ1v) is 6.82. The Balaban J connectivity index is 1.88. The number of amides is 1. The Bertz CT molecular complexity index is 428. The standard InChI is InChI=1S/C14H19ClN2O/c1-11-5-6-13(12(15)9-11)16-10-14(18)17-7-3-2-4-8-17/h5-6,9,16H,2-4,7-8,10H2,1H3. The Morgan fingerprint density at radius 3 is 2.72 bits per heavy atom. The van der Waals surface area contributed by atoms with Crippen molar-refractivity contribution in [2.24, 2.45) is 0 Å². The molecule has 18 heavy (non-hydrogen) atoms. The molecule has 1 aliphatic rings. The van der Waals surface area contributed by atoms with Crippen LogP contribution in [0.5, 0.6) is 0 Å². The van der Waals surface area contributed by atoms with E-state index in [1.165, 1.54) is 6.42 Å². The molecule has 1 aromatic rings. The van der Waals surface area contributed by atoms with Crippen LogP contribution in [0.25, 0.3) is 0 Å². The molecule has 3 nitrogen and oxygen atoms in total. The normalized spacial score (nSPS) is 15.6. The number of aryl methyl sites for hydroxylation is 1. The number of carbonyl (C=O) groups is 1. The second-order valence-corrected chi connectivity index (χ2v) is 5.19. The molecule has 0 radical (unpaired) electrons. The van der Waals surface area contributed by atoms with Gasteiger partial charge in [0.2, 0.25) is 5.91 Å². The number of carbonyl (C=O) groups excluding carboxylic acids is 1. The summed E-state index contributed by atoms with van der Waals surface area (Å²) in [5, 5.41) is 3.78. The van der Waals surface area contributed by atoms with E-state index in [0.29, 0.717) is 11.6 Å². The van der Waals surface area contributed by atoms with Gasteiger partial charge in [-0.2, -0.15) is 0 Å². The van der Waals surface area contributed by atoms with E-state index in [0.717, 1.165) is 37.2 Å². The molecule has 0 spiro atoms. The molecule has 0 unspecified atom stereocenters. The fourth-order valence-corrected chi connectivity index (χ4v) is 2.49. The van der Waals surface area contributed by atoms with E-state index >= 15 is 0 Å². The van der Waals surface area contributed by atoms with Crippen LogP contribution >= 0.6 is 11.6 Å². The van der Waals surface area contributed by atoms with Crippen molar-refractivity contribution in [3.8, 4) is 0 Å². The van der Waals surface area contributed by atoms with E-state index in [9.17, 15) is 4.79 Å². The van der Waals surface area contributed by atoms with Crippen LogP contribution < -0.4 is 5.32 Å². The Kier molecular flexibility index (Phi) is 4.48. The summed E-state index contributed by atoms with van der Waals surface area (Å²) < 4.78 is 0. The minimum Gasteiger partial charge on any atom is -0.375 e. The molecular weight excluding hydrogens is 248 g/mol. The molecule has 1 fully saturated rings. The van der Waals surface area contributed by atoms with E-state index in [1.807, 2.05) is 30.0 Å². The maximum atomic E-state index is 12.0. The zero-order valence-corrected chi connectivity index (χ0v) is 11.5. The summed E-state index contributed by atoms with van der Waals surface area (Å²) >= 11 is 6.11. The van der Waals surface area contributed by atoms with Crippen LogP contribution in [0.1, 0.15) is 24.8 Å². The molecule has 0 atom stereocenters. The van der Waals surface area contributed by atoms with E-state index in [1.54, 1.807) is 0 Å². The molecule has 1 amide bonds. The van der Waals surface area contributed by atoms with Crippen LogP contribution in [0.2, 0.25) is 5.02 Å². The monoisotopic (exact) mass is 266 g/mol. The van der Waals surface area contributed by atoms with Gasteiger partial charge in [-0.25, -0.2) is 0 Å². The lowest BCUT2D eigenvalue weighted by molar-refractivity contribution is -0.130. The predicted octanol–water partition coefficient (Wildman–Crippen LogP) is 3.07. The molecular formula is C14H19ClN2O. The third kappa shape index (κ3) is 3.39. The molecule has 1 saturated heterocycles. The van der Waals surface area contributed by atoms with Gasteiger partial charge in [0.25, 0.3) is 0 Å². The summed E-state index contributed by atoms with van der Waals surface area (Å²) in [6, 6.07) is 5.80. The molecule has 1 N–H and O–H groups in total. The molecule has 98 valence electrons. The van der Waals surface area contributed by atoms with Crippen LogP contribution in [0.3, 0.4) is 0 Å². The first-order valence-electron chi connectivity index (χ1n) is 6.44. The first kappa shape index (κ1) is 13.2. The molecule has 4 heteroatoms. The van der Waals surface area contributed by atoms with Gasteiger partial charge < -0.3 is 10.2 Å². The quantitative estimate of drug-likeness (QED) is 0.912. The molecule has 2 rings (SSSR count). The van der Waals surface area contributed by atoms with Gasteiger partial charge in [-0.05, 0) is 43.9 Å². The third-order valence-corrected chi connectivity index (χ3v) is 3.58. The average Bonchev–Trinajstić information content (AvgIpc) is 2.38. The van der Waals surface area contributed by atoms with Gasteiger partial charge in [-0.1, -0.05) is 17.7 Å². The van der Waals surface area contributed by atoms with E-state index in [2.05, 4.69) is 5.32 Å². The highest BCUT2D eigenvalue weighted by Crippen LogP contribution is 2.22. The highest BCUT2D eigenvalue weighted by atomic mass is 35.5. The Hall–Kier alpha value is -1.22. The number of piperidine rings is 1. The molecule has 1 aromatic carbocycles. The van der Waals surface area contributed by atoms with E-state index in [-0.39, 0.29) is 5.91 Å². The predicted molar refractivity (Wildman–Crippen MR) is 75.1 cm³/mol. The molecule has 0 aromatic heterocycles. The lowest BCUT2D eigenvalue weighted by atomic mass is 10.1. The smallest absolute Gasteiger partial charge is 0.241 e. The Labute approximate surface area is 113 Å². The number of halogens is 1. The average molecular weight is 267 g/mol. The number of nitrogens with one attached hydrogen (secondary N) is 1. The van der Waals surface area contributed by atoms with Crippen molar-refractivity contribution in [2.75, 3.05) is 25.0 Å². The van der Waals surface area contributed by atoms with Crippen molar-refractivity contribution in [3.63, 3.8) is 0 Å². The number of hydrogen-bond donors (Lipinski definition) is 1. The largest absolute Gasteiger partial charge is 0.375 e. The second kappa shape index (κ2) is 6.10. The van der Waals surface area contributed by atoms with Gasteiger partial charge in [-0.15, -0.1) is 0 Å². The summed E-state index contributed by atoms with van der Waals surface area (Å²) in [6.45, 7) is 4.10. The fourth-order valence-electron chi connectivity index (χ4n) is 2.19. The van der Waals surface area contributed by atoms with E-state index in [4.69, 9.17) is 11.6 Å². The van der Waals surface area contributed by atoms with Crippen molar-refractivity contribution in [1.29, 1.82) is 0 Å². The van der Waals surface area contributed by atoms with Gasteiger partial charge in [0, 0.05) is 13.1 Å². The van der Waals surface area contributed by atoms with Crippen molar-refractivity contribution >= 4 is 23.2 Å². The zero-order chi connectivity index (χ0) is 13.0. The Morgan fingerprint density at radius 2 is 2.06 bits per heavy atom.